The maximum atomic E-state index is 13.8. The average Bonchev–Trinajstić information content (AvgIpc) is 2.88. The van der Waals surface area contributed by atoms with Crippen LogP contribution in [0.25, 0.3) is 11.0 Å². The number of hydrogen-bond donors (Lipinski definition) is 1. The molecule has 1 atom stereocenters. The monoisotopic (exact) mass is 283 g/mol. The molecule has 0 radical (unpaired) electrons. The van der Waals surface area contributed by atoms with Crippen LogP contribution < -0.4 is 5.32 Å². The quantitative estimate of drug-likeness (QED) is 0.702. The van der Waals surface area contributed by atoms with Crippen LogP contribution in [0.3, 0.4) is 0 Å². The number of furan rings is 1. The molecule has 0 aliphatic rings. The molecule has 3 rings (SSSR count). The zero-order valence-electron chi connectivity index (χ0n) is 12.2. The van der Waals surface area contributed by atoms with Gasteiger partial charge in [-0.05, 0) is 31.5 Å². The summed E-state index contributed by atoms with van der Waals surface area (Å²) in [6.07, 6.45) is 0.885. The van der Waals surface area contributed by atoms with Gasteiger partial charge in [-0.25, -0.2) is 4.39 Å². The summed E-state index contributed by atoms with van der Waals surface area (Å²) in [5, 5.41) is 4.33. The molecule has 0 saturated heterocycles. The summed E-state index contributed by atoms with van der Waals surface area (Å²) < 4.78 is 19.7. The number of para-hydroxylation sites is 2. The van der Waals surface area contributed by atoms with E-state index in [-0.39, 0.29) is 11.9 Å². The third-order valence-electron chi connectivity index (χ3n) is 3.72. The molecule has 0 bridgehead atoms. The number of nitrogens with one attached hydrogen (secondary N) is 1. The fourth-order valence-electron chi connectivity index (χ4n) is 2.71. The van der Waals surface area contributed by atoms with Gasteiger partial charge < -0.3 is 9.73 Å². The minimum Gasteiger partial charge on any atom is -0.459 e. The Morgan fingerprint density at radius 2 is 1.81 bits per heavy atom. The highest BCUT2D eigenvalue weighted by Gasteiger charge is 2.18. The highest BCUT2D eigenvalue weighted by atomic mass is 19.1. The second kappa shape index (κ2) is 5.60. The Morgan fingerprint density at radius 3 is 2.57 bits per heavy atom. The van der Waals surface area contributed by atoms with Crippen molar-refractivity contribution in [1.82, 2.24) is 0 Å². The van der Waals surface area contributed by atoms with Gasteiger partial charge in [-0.1, -0.05) is 37.3 Å². The Labute approximate surface area is 123 Å². The van der Waals surface area contributed by atoms with Gasteiger partial charge in [0.2, 0.25) is 0 Å². The van der Waals surface area contributed by atoms with Crippen LogP contribution in [0.15, 0.2) is 52.9 Å². The Balaban J connectivity index is 1.98. The van der Waals surface area contributed by atoms with E-state index in [1.165, 1.54) is 11.6 Å². The zero-order chi connectivity index (χ0) is 14.8. The second-order valence-corrected chi connectivity index (χ2v) is 5.14. The normalized spacial score (nSPS) is 12.5. The lowest BCUT2D eigenvalue weighted by Gasteiger charge is -2.15. The van der Waals surface area contributed by atoms with E-state index >= 15 is 0 Å². The first-order chi connectivity index (χ1) is 10.2. The van der Waals surface area contributed by atoms with Crippen LogP contribution in [0.2, 0.25) is 0 Å². The standard InChI is InChI=1S/C18H18FNO/c1-3-13-14-8-4-7-11-17(14)21-18(13)12(2)20-16-10-6-5-9-15(16)19/h4-12,20H,3H2,1-2H3. The molecule has 3 heteroatoms. The number of rotatable bonds is 4. The smallest absolute Gasteiger partial charge is 0.146 e. The minimum atomic E-state index is -0.251. The van der Waals surface area contributed by atoms with E-state index in [9.17, 15) is 4.39 Å². The van der Waals surface area contributed by atoms with Crippen molar-refractivity contribution in [3.05, 3.63) is 65.7 Å². The van der Waals surface area contributed by atoms with Gasteiger partial charge in [-0.3, -0.25) is 0 Å². The van der Waals surface area contributed by atoms with Gasteiger partial charge in [0.05, 0.1) is 11.7 Å². The van der Waals surface area contributed by atoms with Crippen molar-refractivity contribution < 1.29 is 8.81 Å². The molecule has 1 unspecified atom stereocenters. The van der Waals surface area contributed by atoms with Crippen molar-refractivity contribution in [3.8, 4) is 0 Å². The van der Waals surface area contributed by atoms with Gasteiger partial charge in [-0.15, -0.1) is 0 Å². The van der Waals surface area contributed by atoms with Crippen molar-refractivity contribution in [3.63, 3.8) is 0 Å². The molecule has 0 amide bonds. The van der Waals surface area contributed by atoms with Gasteiger partial charge in [0.15, 0.2) is 0 Å². The SMILES string of the molecule is CCc1c(C(C)Nc2ccccc2F)oc2ccccc12. The molecule has 0 fully saturated rings. The molecule has 21 heavy (non-hydrogen) atoms. The second-order valence-electron chi connectivity index (χ2n) is 5.14. The van der Waals surface area contributed by atoms with E-state index in [1.54, 1.807) is 12.1 Å². The van der Waals surface area contributed by atoms with Crippen molar-refractivity contribution in [1.29, 1.82) is 0 Å². The average molecular weight is 283 g/mol. The number of fused-ring (bicyclic) bond motifs is 1. The lowest BCUT2D eigenvalue weighted by molar-refractivity contribution is 0.518. The number of benzene rings is 2. The first-order valence-electron chi connectivity index (χ1n) is 7.22. The molecule has 108 valence electrons. The zero-order valence-corrected chi connectivity index (χ0v) is 12.2. The lowest BCUT2D eigenvalue weighted by atomic mass is 10.0. The predicted molar refractivity (Wildman–Crippen MR) is 84.0 cm³/mol. The van der Waals surface area contributed by atoms with Crippen LogP contribution in [0.4, 0.5) is 10.1 Å². The Hall–Kier alpha value is -2.29. The van der Waals surface area contributed by atoms with Crippen molar-refractivity contribution in [2.45, 2.75) is 26.3 Å². The fraction of sp³-hybridized carbons (Fsp3) is 0.222. The molecule has 1 heterocycles. The van der Waals surface area contributed by atoms with Crippen LogP contribution in [0, 0.1) is 5.82 Å². The Bertz CT molecular complexity index is 763. The van der Waals surface area contributed by atoms with Gasteiger partial charge in [0, 0.05) is 10.9 Å². The van der Waals surface area contributed by atoms with Gasteiger partial charge in [0.25, 0.3) is 0 Å². The van der Waals surface area contributed by atoms with E-state index in [1.807, 2.05) is 31.2 Å². The summed E-state index contributed by atoms with van der Waals surface area (Å²) in [6.45, 7) is 4.10. The summed E-state index contributed by atoms with van der Waals surface area (Å²) in [6, 6.07) is 14.6. The molecular weight excluding hydrogens is 265 g/mol. The first-order valence-corrected chi connectivity index (χ1v) is 7.22. The molecule has 0 aliphatic heterocycles. The van der Waals surface area contributed by atoms with Crippen molar-refractivity contribution in [2.75, 3.05) is 5.32 Å². The number of hydrogen-bond acceptors (Lipinski definition) is 2. The van der Waals surface area contributed by atoms with E-state index in [0.717, 1.165) is 23.2 Å². The van der Waals surface area contributed by atoms with E-state index in [4.69, 9.17) is 4.42 Å². The molecule has 0 aliphatic carbocycles. The summed E-state index contributed by atoms with van der Waals surface area (Å²) in [5.41, 5.74) is 2.56. The number of halogens is 1. The predicted octanol–water partition coefficient (Wildman–Crippen LogP) is 5.31. The third kappa shape index (κ3) is 2.51. The molecule has 0 spiro atoms. The highest BCUT2D eigenvalue weighted by molar-refractivity contribution is 5.82. The Kier molecular flexibility index (Phi) is 3.65. The van der Waals surface area contributed by atoms with Gasteiger partial charge in [0.1, 0.15) is 17.2 Å². The maximum Gasteiger partial charge on any atom is 0.146 e. The summed E-state index contributed by atoms with van der Waals surface area (Å²) >= 11 is 0. The van der Waals surface area contributed by atoms with Crippen LogP contribution in [-0.2, 0) is 6.42 Å². The third-order valence-corrected chi connectivity index (χ3v) is 3.72. The van der Waals surface area contributed by atoms with Crippen LogP contribution in [0.1, 0.15) is 31.2 Å². The first kappa shape index (κ1) is 13.7. The molecule has 2 aromatic carbocycles. The summed E-state index contributed by atoms with van der Waals surface area (Å²) in [4.78, 5) is 0. The largest absolute Gasteiger partial charge is 0.459 e. The molecule has 2 nitrogen and oxygen atoms in total. The Morgan fingerprint density at radius 1 is 1.10 bits per heavy atom. The lowest BCUT2D eigenvalue weighted by Crippen LogP contribution is -2.08. The molecule has 1 aromatic heterocycles. The summed E-state index contributed by atoms with van der Waals surface area (Å²) in [7, 11) is 0. The van der Waals surface area contributed by atoms with Crippen LogP contribution in [-0.4, -0.2) is 0 Å². The fourth-order valence-corrected chi connectivity index (χ4v) is 2.71. The van der Waals surface area contributed by atoms with Gasteiger partial charge >= 0.3 is 0 Å². The van der Waals surface area contributed by atoms with Crippen LogP contribution >= 0.6 is 0 Å². The van der Waals surface area contributed by atoms with E-state index in [0.29, 0.717) is 5.69 Å². The molecule has 3 aromatic rings. The van der Waals surface area contributed by atoms with Crippen molar-refractivity contribution >= 4 is 16.7 Å². The van der Waals surface area contributed by atoms with E-state index in [2.05, 4.69) is 18.3 Å². The van der Waals surface area contributed by atoms with Crippen molar-refractivity contribution in [2.24, 2.45) is 0 Å². The van der Waals surface area contributed by atoms with E-state index < -0.39 is 0 Å². The van der Waals surface area contributed by atoms with Gasteiger partial charge in [-0.2, -0.15) is 0 Å². The van der Waals surface area contributed by atoms with Crippen LogP contribution in [0.5, 0.6) is 0 Å². The number of aryl methyl sites for hydroxylation is 1. The molecular formula is C18H18FNO. The minimum absolute atomic E-state index is 0.0933. The summed E-state index contributed by atoms with van der Waals surface area (Å²) in [5.74, 6) is 0.625. The highest BCUT2D eigenvalue weighted by Crippen LogP contribution is 2.32. The number of anilines is 1. The topological polar surface area (TPSA) is 25.2 Å². The molecule has 1 N–H and O–H groups in total. The molecule has 0 saturated carbocycles. The maximum absolute atomic E-state index is 13.8.